The number of hydrogen-bond acceptors (Lipinski definition) is 5. The van der Waals surface area contributed by atoms with Gasteiger partial charge in [-0.2, -0.15) is 4.68 Å². The molecule has 4 N–H and O–H groups in total. The molecule has 7 nitrogen and oxygen atoms in total. The summed E-state index contributed by atoms with van der Waals surface area (Å²) in [6, 6.07) is 1.26. The fraction of sp³-hybridized carbons (Fsp3) is 0.500. The third-order valence-corrected chi connectivity index (χ3v) is 6.12. The number of rotatable bonds is 2. The molecule has 3 aliphatic rings. The van der Waals surface area contributed by atoms with Crippen LogP contribution in [0.3, 0.4) is 0 Å². The molecule has 1 aliphatic heterocycles. The van der Waals surface area contributed by atoms with Crippen LogP contribution in [-0.4, -0.2) is 28.4 Å². The number of anilines is 1. The molecule has 0 amide bonds. The van der Waals surface area contributed by atoms with Crippen molar-refractivity contribution in [2.45, 2.75) is 24.9 Å². The van der Waals surface area contributed by atoms with E-state index in [1.807, 2.05) is 4.90 Å². The Kier molecular flexibility index (Phi) is 3.81. The first kappa shape index (κ1) is 17.6. The normalized spacial score (nSPS) is 26.7. The predicted molar refractivity (Wildman–Crippen MR) is 100 cm³/mol. The molecule has 1 saturated heterocycles. The van der Waals surface area contributed by atoms with Crippen molar-refractivity contribution >= 4 is 40.6 Å². The number of hydrogen-bond donors (Lipinski definition) is 2. The van der Waals surface area contributed by atoms with E-state index in [0.29, 0.717) is 29.6 Å². The molecule has 2 atom stereocenters. The van der Waals surface area contributed by atoms with E-state index in [0.717, 1.165) is 18.9 Å². The van der Waals surface area contributed by atoms with Crippen molar-refractivity contribution in [2.24, 2.45) is 17.6 Å². The summed E-state index contributed by atoms with van der Waals surface area (Å²) in [6.07, 6.45) is 1.61. The minimum Gasteiger partial charge on any atom is -0.367 e. The zero-order valence-corrected chi connectivity index (χ0v) is 15.3. The van der Waals surface area contributed by atoms with Crippen molar-refractivity contribution in [1.29, 1.82) is 0 Å². The average molecular weight is 402 g/mol. The molecular weight excluding hydrogens is 384 g/mol. The Labute approximate surface area is 158 Å². The Morgan fingerprint density at radius 1 is 1.19 bits per heavy atom. The van der Waals surface area contributed by atoms with Crippen molar-refractivity contribution in [3.8, 4) is 0 Å². The topological polar surface area (TPSA) is 99.3 Å². The quantitative estimate of drug-likeness (QED) is 0.725. The molecule has 0 bridgehead atoms. The van der Waals surface area contributed by atoms with Gasteiger partial charge >= 0.3 is 5.69 Å². The number of piperidine rings is 1. The maximum absolute atomic E-state index is 14.8. The molecule has 2 heterocycles. The zero-order chi connectivity index (χ0) is 17.6. The molecular formula is C16H18Cl2FN5O2. The lowest BCUT2D eigenvalue weighted by atomic mass is 10.1. The molecule has 2 unspecified atom stereocenters. The second-order valence-electron chi connectivity index (χ2n) is 7.29. The monoisotopic (exact) mass is 401 g/mol. The summed E-state index contributed by atoms with van der Waals surface area (Å²) in [7, 11) is 0. The Morgan fingerprint density at radius 2 is 1.81 bits per heavy atom. The van der Waals surface area contributed by atoms with E-state index in [2.05, 4.69) is 0 Å². The second-order valence-corrected chi connectivity index (χ2v) is 7.66. The maximum Gasteiger partial charge on any atom is 0.350 e. The van der Waals surface area contributed by atoms with Crippen LogP contribution in [0, 0.1) is 17.7 Å². The standard InChI is InChI=1S/C16H17ClFN5O2.ClH/c17-11-13-7(15(24)23(20)16(25)22(13)6-1-2-6)3-10(18)14(11)21-4-8-9(5-21)12(8)19;/h3,6,8-9,12H,1-2,4-5,19-20H2;1H. The van der Waals surface area contributed by atoms with Gasteiger partial charge in [0.15, 0.2) is 0 Å². The van der Waals surface area contributed by atoms with Gasteiger partial charge in [-0.3, -0.25) is 9.36 Å². The number of nitrogens with two attached hydrogens (primary N) is 2. The SMILES string of the molecule is Cl.NC1C2CN(c3c(F)cc4c(=O)n(N)c(=O)n(C5CC5)c4c3Cl)CC12. The Bertz CT molecular complexity index is 1040. The number of benzene rings is 1. The van der Waals surface area contributed by atoms with E-state index in [-0.39, 0.29) is 46.1 Å². The van der Waals surface area contributed by atoms with Gasteiger partial charge in [0.1, 0.15) is 5.82 Å². The lowest BCUT2D eigenvalue weighted by Crippen LogP contribution is -2.44. The molecule has 1 aromatic carbocycles. The van der Waals surface area contributed by atoms with Crippen LogP contribution in [0.5, 0.6) is 0 Å². The van der Waals surface area contributed by atoms with Crippen molar-refractivity contribution in [2.75, 3.05) is 23.8 Å². The smallest absolute Gasteiger partial charge is 0.350 e. The van der Waals surface area contributed by atoms with Gasteiger partial charge in [-0.1, -0.05) is 11.6 Å². The average Bonchev–Trinajstić information content (AvgIpc) is 3.46. The van der Waals surface area contributed by atoms with E-state index in [1.165, 1.54) is 4.57 Å². The summed E-state index contributed by atoms with van der Waals surface area (Å²) in [4.78, 5) is 26.7. The van der Waals surface area contributed by atoms with E-state index < -0.39 is 17.1 Å². The van der Waals surface area contributed by atoms with Crippen LogP contribution in [0.15, 0.2) is 15.7 Å². The number of fused-ring (bicyclic) bond motifs is 2. The highest BCUT2D eigenvalue weighted by Crippen LogP contribution is 2.48. The minimum atomic E-state index is -0.740. The van der Waals surface area contributed by atoms with Gasteiger partial charge in [-0.25, -0.2) is 9.18 Å². The largest absolute Gasteiger partial charge is 0.367 e. The van der Waals surface area contributed by atoms with E-state index in [4.69, 9.17) is 23.2 Å². The second kappa shape index (κ2) is 5.61. The molecule has 10 heteroatoms. The zero-order valence-electron chi connectivity index (χ0n) is 13.7. The van der Waals surface area contributed by atoms with Gasteiger partial charge in [0, 0.05) is 25.2 Å². The summed E-state index contributed by atoms with van der Waals surface area (Å²) in [5, 5.41) is 0.132. The highest BCUT2D eigenvalue weighted by molar-refractivity contribution is 6.38. The molecule has 3 fully saturated rings. The van der Waals surface area contributed by atoms with Gasteiger partial charge in [0.2, 0.25) is 0 Å². The Hall–Kier alpha value is -1.77. The lowest BCUT2D eigenvalue weighted by molar-refractivity contribution is 0.614. The molecule has 2 aliphatic carbocycles. The Morgan fingerprint density at radius 3 is 2.38 bits per heavy atom. The first-order chi connectivity index (χ1) is 11.9. The summed E-state index contributed by atoms with van der Waals surface area (Å²) < 4.78 is 16.8. The predicted octanol–water partition coefficient (Wildman–Crippen LogP) is 0.819. The van der Waals surface area contributed by atoms with E-state index in [9.17, 15) is 14.0 Å². The van der Waals surface area contributed by atoms with Crippen molar-refractivity contribution in [1.82, 2.24) is 9.24 Å². The molecule has 0 radical (unpaired) electrons. The van der Waals surface area contributed by atoms with Gasteiger partial charge in [0.25, 0.3) is 5.56 Å². The first-order valence-electron chi connectivity index (χ1n) is 8.35. The third kappa shape index (κ3) is 2.22. The number of nitrogen functional groups attached to an aromatic ring is 1. The van der Waals surface area contributed by atoms with Crippen LogP contribution in [0.1, 0.15) is 18.9 Å². The molecule has 2 aromatic rings. The van der Waals surface area contributed by atoms with Crippen LogP contribution in [0.4, 0.5) is 10.1 Å². The van der Waals surface area contributed by atoms with E-state index in [1.54, 1.807) is 0 Å². The molecule has 26 heavy (non-hydrogen) atoms. The maximum atomic E-state index is 14.8. The lowest BCUT2D eigenvalue weighted by Gasteiger charge is -2.24. The van der Waals surface area contributed by atoms with Crippen molar-refractivity contribution in [3.63, 3.8) is 0 Å². The van der Waals surface area contributed by atoms with Gasteiger partial charge in [0.05, 0.1) is 21.6 Å². The van der Waals surface area contributed by atoms with Gasteiger partial charge < -0.3 is 16.5 Å². The van der Waals surface area contributed by atoms with E-state index >= 15 is 0 Å². The molecule has 5 rings (SSSR count). The fourth-order valence-electron chi connectivity index (χ4n) is 4.14. The van der Waals surface area contributed by atoms with Crippen LogP contribution < -0.4 is 27.7 Å². The first-order valence-corrected chi connectivity index (χ1v) is 8.72. The highest BCUT2D eigenvalue weighted by atomic mass is 35.5. The van der Waals surface area contributed by atoms with Crippen LogP contribution in [0.2, 0.25) is 5.02 Å². The van der Waals surface area contributed by atoms with Crippen molar-refractivity contribution in [3.05, 3.63) is 37.7 Å². The summed E-state index contributed by atoms with van der Waals surface area (Å²) in [5.74, 6) is 5.73. The summed E-state index contributed by atoms with van der Waals surface area (Å²) in [5.41, 5.74) is 5.12. The van der Waals surface area contributed by atoms with Crippen LogP contribution in [-0.2, 0) is 0 Å². The van der Waals surface area contributed by atoms with Crippen molar-refractivity contribution < 1.29 is 4.39 Å². The van der Waals surface area contributed by atoms with Crippen LogP contribution in [0.25, 0.3) is 10.9 Å². The number of aromatic nitrogens is 2. The summed E-state index contributed by atoms with van der Waals surface area (Å²) in [6.45, 7) is 1.27. The highest BCUT2D eigenvalue weighted by Gasteiger charge is 2.54. The van der Waals surface area contributed by atoms with Gasteiger partial charge in [-0.15, -0.1) is 12.4 Å². The molecule has 140 valence electrons. The summed E-state index contributed by atoms with van der Waals surface area (Å²) >= 11 is 6.54. The number of nitrogens with zero attached hydrogens (tertiary/aromatic N) is 3. The van der Waals surface area contributed by atoms with Crippen LogP contribution >= 0.6 is 24.0 Å². The fourth-order valence-corrected chi connectivity index (χ4v) is 4.54. The Balaban J connectivity index is 0.00000168. The van der Waals surface area contributed by atoms with Gasteiger partial charge in [-0.05, 0) is 30.7 Å². The number of halogens is 3. The molecule has 1 aromatic heterocycles. The molecule has 0 spiro atoms. The minimum absolute atomic E-state index is 0. The third-order valence-electron chi connectivity index (χ3n) is 5.76. The molecule has 2 saturated carbocycles.